The Kier molecular flexibility index (Phi) is 6.31. The van der Waals surface area contributed by atoms with Crippen LogP contribution in [0.2, 0.25) is 0 Å². The van der Waals surface area contributed by atoms with Crippen LogP contribution < -0.4 is 14.4 Å². The second kappa shape index (κ2) is 9.70. The zero-order chi connectivity index (χ0) is 24.4. The van der Waals surface area contributed by atoms with Crippen molar-refractivity contribution in [3.05, 3.63) is 95.0 Å². The number of aryl methyl sites for hydroxylation is 1. The van der Waals surface area contributed by atoms with Gasteiger partial charge in [-0.3, -0.25) is 15.0 Å². The van der Waals surface area contributed by atoms with Crippen LogP contribution in [0.5, 0.6) is 11.5 Å². The van der Waals surface area contributed by atoms with Crippen molar-refractivity contribution >= 4 is 5.69 Å². The molecule has 0 amide bonds. The van der Waals surface area contributed by atoms with Gasteiger partial charge >= 0.3 is 0 Å². The monoisotopic (exact) mass is 470 g/mol. The van der Waals surface area contributed by atoms with Crippen molar-refractivity contribution < 1.29 is 13.9 Å². The molecule has 0 radical (unpaired) electrons. The standard InChI is InChI=1S/C28H27FN4O2/c1-18-14-31-25(19(2)28(18)34-3)17-35-23-8-6-20(7-9-23)27-26(13-22(29)15-32-27)33-12-10-24-21(16-33)5-4-11-30-24/h4-9,11,13-15H,10,12,16-17H2,1-3H3. The Balaban J connectivity index is 1.36. The van der Waals surface area contributed by atoms with Crippen molar-refractivity contribution in [3.63, 3.8) is 0 Å². The summed E-state index contributed by atoms with van der Waals surface area (Å²) in [5, 5.41) is 0. The lowest BCUT2D eigenvalue weighted by Gasteiger charge is -2.31. The summed E-state index contributed by atoms with van der Waals surface area (Å²) in [6.07, 6.45) is 5.70. The van der Waals surface area contributed by atoms with Gasteiger partial charge in [-0.05, 0) is 49.7 Å². The molecule has 0 N–H and O–H groups in total. The van der Waals surface area contributed by atoms with Gasteiger partial charge in [-0.1, -0.05) is 6.07 Å². The zero-order valence-corrected chi connectivity index (χ0v) is 20.1. The van der Waals surface area contributed by atoms with Gasteiger partial charge in [0.25, 0.3) is 0 Å². The molecule has 0 fully saturated rings. The Hall–Kier alpha value is -4.00. The number of halogens is 1. The van der Waals surface area contributed by atoms with E-state index < -0.39 is 0 Å². The minimum atomic E-state index is -0.350. The maximum Gasteiger partial charge on any atom is 0.143 e. The van der Waals surface area contributed by atoms with Crippen molar-refractivity contribution in [1.82, 2.24) is 15.0 Å². The van der Waals surface area contributed by atoms with Crippen LogP contribution in [0, 0.1) is 19.7 Å². The predicted molar refractivity (Wildman–Crippen MR) is 133 cm³/mol. The van der Waals surface area contributed by atoms with Crippen LogP contribution in [-0.4, -0.2) is 28.6 Å². The third-order valence-electron chi connectivity index (χ3n) is 6.39. The van der Waals surface area contributed by atoms with Crippen molar-refractivity contribution in [3.8, 4) is 22.8 Å². The molecule has 0 bridgehead atoms. The molecule has 1 aliphatic heterocycles. The molecule has 0 spiro atoms. The van der Waals surface area contributed by atoms with Crippen molar-refractivity contribution in [2.75, 3.05) is 18.6 Å². The maximum absolute atomic E-state index is 14.2. The number of nitrogens with zero attached hydrogens (tertiary/aromatic N) is 4. The molecule has 3 aromatic heterocycles. The molecule has 0 saturated heterocycles. The highest BCUT2D eigenvalue weighted by Crippen LogP contribution is 2.33. The number of anilines is 1. The van der Waals surface area contributed by atoms with Gasteiger partial charge in [0.05, 0.1) is 30.4 Å². The average molecular weight is 471 g/mol. The average Bonchev–Trinajstić information content (AvgIpc) is 2.88. The summed E-state index contributed by atoms with van der Waals surface area (Å²) in [6.45, 7) is 5.73. The lowest BCUT2D eigenvalue weighted by molar-refractivity contribution is 0.299. The highest BCUT2D eigenvalue weighted by atomic mass is 19.1. The first kappa shape index (κ1) is 22.8. The van der Waals surface area contributed by atoms with E-state index in [1.807, 2.05) is 50.4 Å². The lowest BCUT2D eigenvalue weighted by atomic mass is 10.0. The van der Waals surface area contributed by atoms with Gasteiger partial charge in [-0.25, -0.2) is 4.39 Å². The van der Waals surface area contributed by atoms with Gasteiger partial charge in [0, 0.05) is 60.4 Å². The molecule has 35 heavy (non-hydrogen) atoms. The molecule has 0 atom stereocenters. The van der Waals surface area contributed by atoms with Gasteiger partial charge in [0.2, 0.25) is 0 Å². The SMILES string of the molecule is COc1c(C)cnc(COc2ccc(-c3ncc(F)cc3N3CCc4ncccc4C3)cc2)c1C. The van der Waals surface area contributed by atoms with Gasteiger partial charge in [0.15, 0.2) is 0 Å². The zero-order valence-electron chi connectivity index (χ0n) is 20.1. The molecule has 0 unspecified atom stereocenters. The third kappa shape index (κ3) is 4.67. The molecule has 1 aromatic carbocycles. The largest absolute Gasteiger partial charge is 0.496 e. The molecule has 1 aliphatic rings. The summed E-state index contributed by atoms with van der Waals surface area (Å²) < 4.78 is 25.7. The van der Waals surface area contributed by atoms with E-state index in [1.165, 1.54) is 6.20 Å². The Labute approximate surface area is 204 Å². The summed E-state index contributed by atoms with van der Waals surface area (Å²) >= 11 is 0. The molecule has 4 aromatic rings. The smallest absolute Gasteiger partial charge is 0.143 e. The number of pyridine rings is 3. The quantitative estimate of drug-likeness (QED) is 0.374. The normalized spacial score (nSPS) is 12.9. The minimum Gasteiger partial charge on any atom is -0.496 e. The molecule has 0 aliphatic carbocycles. The van der Waals surface area contributed by atoms with E-state index in [1.54, 1.807) is 19.4 Å². The summed E-state index contributed by atoms with van der Waals surface area (Å²) in [5.41, 5.74) is 7.48. The molecule has 7 heteroatoms. The van der Waals surface area contributed by atoms with Crippen LogP contribution >= 0.6 is 0 Å². The molecular formula is C28H27FN4O2. The molecule has 6 nitrogen and oxygen atoms in total. The van der Waals surface area contributed by atoms with E-state index in [9.17, 15) is 4.39 Å². The molecule has 0 saturated carbocycles. The lowest BCUT2D eigenvalue weighted by Crippen LogP contribution is -2.31. The van der Waals surface area contributed by atoms with Gasteiger partial charge in [-0.15, -0.1) is 0 Å². The molecule has 4 heterocycles. The first-order chi connectivity index (χ1) is 17.0. The minimum absolute atomic E-state index is 0.336. The number of hydrogen-bond acceptors (Lipinski definition) is 6. The van der Waals surface area contributed by atoms with Crippen LogP contribution in [-0.2, 0) is 19.6 Å². The van der Waals surface area contributed by atoms with Crippen LogP contribution in [0.3, 0.4) is 0 Å². The van der Waals surface area contributed by atoms with Crippen molar-refractivity contribution in [1.29, 1.82) is 0 Å². The van der Waals surface area contributed by atoms with Crippen molar-refractivity contribution in [2.45, 2.75) is 33.4 Å². The summed E-state index contributed by atoms with van der Waals surface area (Å²) in [4.78, 5) is 15.6. The maximum atomic E-state index is 14.2. The number of aromatic nitrogens is 3. The summed E-state index contributed by atoms with van der Waals surface area (Å²) in [6, 6.07) is 13.3. The predicted octanol–water partition coefficient (Wildman–Crippen LogP) is 5.44. The van der Waals surface area contributed by atoms with Crippen LogP contribution in [0.1, 0.15) is 28.1 Å². The van der Waals surface area contributed by atoms with Crippen LogP contribution in [0.4, 0.5) is 10.1 Å². The number of hydrogen-bond donors (Lipinski definition) is 0. The molecule has 5 rings (SSSR count). The highest BCUT2D eigenvalue weighted by molar-refractivity contribution is 5.75. The van der Waals surface area contributed by atoms with Crippen LogP contribution in [0.25, 0.3) is 11.3 Å². The van der Waals surface area contributed by atoms with E-state index >= 15 is 0 Å². The Morgan fingerprint density at radius 3 is 2.66 bits per heavy atom. The Morgan fingerprint density at radius 1 is 1.03 bits per heavy atom. The third-order valence-corrected chi connectivity index (χ3v) is 6.39. The van der Waals surface area contributed by atoms with Gasteiger partial charge < -0.3 is 14.4 Å². The second-order valence-corrected chi connectivity index (χ2v) is 8.66. The van der Waals surface area contributed by atoms with E-state index in [2.05, 4.69) is 25.9 Å². The number of methoxy groups -OCH3 is 1. The van der Waals surface area contributed by atoms with Crippen molar-refractivity contribution in [2.24, 2.45) is 0 Å². The fourth-order valence-electron chi connectivity index (χ4n) is 4.54. The van der Waals surface area contributed by atoms with E-state index in [4.69, 9.17) is 9.47 Å². The summed E-state index contributed by atoms with van der Waals surface area (Å²) in [7, 11) is 1.66. The number of ether oxygens (including phenoxy) is 2. The molecule has 178 valence electrons. The van der Waals surface area contributed by atoms with E-state index in [0.717, 1.165) is 69.5 Å². The van der Waals surface area contributed by atoms with E-state index in [0.29, 0.717) is 13.2 Å². The number of fused-ring (bicyclic) bond motifs is 1. The number of benzene rings is 1. The highest BCUT2D eigenvalue weighted by Gasteiger charge is 2.21. The number of rotatable bonds is 6. The fourth-order valence-corrected chi connectivity index (χ4v) is 4.54. The first-order valence-corrected chi connectivity index (χ1v) is 11.6. The van der Waals surface area contributed by atoms with Crippen LogP contribution in [0.15, 0.2) is 61.1 Å². The van der Waals surface area contributed by atoms with Gasteiger partial charge in [0.1, 0.15) is 23.9 Å². The first-order valence-electron chi connectivity index (χ1n) is 11.6. The summed E-state index contributed by atoms with van der Waals surface area (Å²) in [5.74, 6) is 1.20. The fraction of sp³-hybridized carbons (Fsp3) is 0.250. The topological polar surface area (TPSA) is 60.4 Å². The second-order valence-electron chi connectivity index (χ2n) is 8.66. The Morgan fingerprint density at radius 2 is 1.86 bits per heavy atom. The Bertz CT molecular complexity index is 1360. The van der Waals surface area contributed by atoms with E-state index in [-0.39, 0.29) is 5.82 Å². The van der Waals surface area contributed by atoms with Gasteiger partial charge in [-0.2, -0.15) is 0 Å². The molecular weight excluding hydrogens is 443 g/mol.